The van der Waals surface area contributed by atoms with Crippen molar-refractivity contribution in [2.75, 3.05) is 13.7 Å². The second-order valence-corrected chi connectivity index (χ2v) is 4.53. The molecule has 0 atom stereocenters. The fourth-order valence-corrected chi connectivity index (χ4v) is 1.57. The molecular formula is C11H17BN2O3. The summed E-state index contributed by atoms with van der Waals surface area (Å²) >= 11 is 0. The molecule has 1 aromatic rings. The van der Waals surface area contributed by atoms with Crippen LogP contribution in [-0.4, -0.2) is 36.2 Å². The topological polar surface area (TPSA) is 45.5 Å². The summed E-state index contributed by atoms with van der Waals surface area (Å²) in [6.45, 7) is 9.06. The van der Waals surface area contributed by atoms with Gasteiger partial charge < -0.3 is 14.0 Å². The van der Waals surface area contributed by atoms with Crippen LogP contribution in [-0.2, 0) is 20.6 Å². The Kier molecular flexibility index (Phi) is 3.26. The van der Waals surface area contributed by atoms with Gasteiger partial charge in [0.1, 0.15) is 5.60 Å². The maximum atomic E-state index is 5.76. The number of rotatable bonds is 4. The van der Waals surface area contributed by atoms with Crippen molar-refractivity contribution in [1.82, 2.24) is 9.78 Å². The minimum atomic E-state index is -0.445. The monoisotopic (exact) mass is 236 g/mol. The van der Waals surface area contributed by atoms with Crippen molar-refractivity contribution in [3.63, 3.8) is 0 Å². The van der Waals surface area contributed by atoms with Crippen LogP contribution in [0, 0.1) is 0 Å². The van der Waals surface area contributed by atoms with E-state index in [9.17, 15) is 0 Å². The molecule has 2 heterocycles. The highest BCUT2D eigenvalue weighted by molar-refractivity contribution is 6.62. The number of hydrogen-bond donors (Lipinski definition) is 0. The molecule has 0 spiro atoms. The van der Waals surface area contributed by atoms with Gasteiger partial charge >= 0.3 is 7.12 Å². The lowest BCUT2D eigenvalue weighted by atomic mass is 9.82. The van der Waals surface area contributed by atoms with E-state index in [1.807, 2.05) is 20.0 Å². The molecule has 1 aliphatic rings. The van der Waals surface area contributed by atoms with Crippen LogP contribution in [0.1, 0.15) is 13.8 Å². The number of methoxy groups -OCH3 is 1. The molecule has 0 unspecified atom stereocenters. The summed E-state index contributed by atoms with van der Waals surface area (Å²) in [4.78, 5) is 0. The van der Waals surface area contributed by atoms with Crippen LogP contribution < -0.4 is 5.46 Å². The molecule has 2 rings (SSSR count). The van der Waals surface area contributed by atoms with E-state index in [0.717, 1.165) is 5.46 Å². The minimum Gasteiger partial charge on any atom is -0.534 e. The standard InChI is InChI=1S/C11H17BN2O3/c1-9-11(2,3)17-12(16-9)10-7-13-14(8-10)5-6-15-4/h7-8H,1,5-6H2,2-4H3. The van der Waals surface area contributed by atoms with Crippen molar-refractivity contribution in [3.8, 4) is 0 Å². The first-order valence-electron chi connectivity index (χ1n) is 5.58. The average molecular weight is 236 g/mol. The number of aromatic nitrogens is 2. The van der Waals surface area contributed by atoms with Crippen molar-refractivity contribution in [2.24, 2.45) is 0 Å². The van der Waals surface area contributed by atoms with E-state index < -0.39 is 12.7 Å². The van der Waals surface area contributed by atoms with Gasteiger partial charge in [0.25, 0.3) is 0 Å². The van der Waals surface area contributed by atoms with E-state index >= 15 is 0 Å². The van der Waals surface area contributed by atoms with Crippen LogP contribution in [0.4, 0.5) is 0 Å². The Labute approximate surface area is 101 Å². The summed E-state index contributed by atoms with van der Waals surface area (Å²) in [5.74, 6) is 0.646. The fourth-order valence-electron chi connectivity index (χ4n) is 1.57. The van der Waals surface area contributed by atoms with Gasteiger partial charge in [-0.2, -0.15) is 5.10 Å². The maximum Gasteiger partial charge on any atom is 0.566 e. The molecule has 0 N–H and O–H groups in total. The normalized spacial score (nSPS) is 18.5. The van der Waals surface area contributed by atoms with E-state index in [2.05, 4.69) is 11.7 Å². The third-order valence-corrected chi connectivity index (χ3v) is 2.77. The van der Waals surface area contributed by atoms with Gasteiger partial charge in [0.15, 0.2) is 0 Å². The van der Waals surface area contributed by atoms with Crippen molar-refractivity contribution in [3.05, 3.63) is 24.7 Å². The van der Waals surface area contributed by atoms with Crippen LogP contribution in [0.25, 0.3) is 0 Å². The van der Waals surface area contributed by atoms with Crippen LogP contribution >= 0.6 is 0 Å². The molecule has 0 bridgehead atoms. The van der Waals surface area contributed by atoms with Gasteiger partial charge in [-0.15, -0.1) is 0 Å². The third-order valence-electron chi connectivity index (χ3n) is 2.77. The highest BCUT2D eigenvalue weighted by Crippen LogP contribution is 2.28. The first-order chi connectivity index (χ1) is 8.03. The lowest BCUT2D eigenvalue weighted by Gasteiger charge is -2.15. The quantitative estimate of drug-likeness (QED) is 0.716. The zero-order valence-corrected chi connectivity index (χ0v) is 10.5. The molecule has 0 amide bonds. The zero-order chi connectivity index (χ0) is 12.5. The van der Waals surface area contributed by atoms with Gasteiger partial charge in [0.2, 0.25) is 0 Å². The first-order valence-corrected chi connectivity index (χ1v) is 5.58. The van der Waals surface area contributed by atoms with Crippen molar-refractivity contribution in [1.29, 1.82) is 0 Å². The molecular weight excluding hydrogens is 219 g/mol. The summed E-state index contributed by atoms with van der Waals surface area (Å²) in [5, 5.41) is 4.22. The minimum absolute atomic E-state index is 0.409. The van der Waals surface area contributed by atoms with Crippen molar-refractivity contribution < 1.29 is 14.0 Å². The number of ether oxygens (including phenoxy) is 1. The SMILES string of the molecule is C=C1OB(c2cnn(CCOC)c2)OC1(C)C. The molecule has 0 radical (unpaired) electrons. The van der Waals surface area contributed by atoms with Crippen LogP contribution in [0.15, 0.2) is 24.7 Å². The Balaban J connectivity index is 2.04. The van der Waals surface area contributed by atoms with E-state index in [4.69, 9.17) is 14.0 Å². The van der Waals surface area contributed by atoms with Gasteiger partial charge in [0.05, 0.1) is 25.1 Å². The zero-order valence-electron chi connectivity index (χ0n) is 10.5. The lowest BCUT2D eigenvalue weighted by molar-refractivity contribution is 0.173. The molecule has 1 aromatic heterocycles. The Morgan fingerprint density at radius 2 is 2.35 bits per heavy atom. The largest absolute Gasteiger partial charge is 0.566 e. The van der Waals surface area contributed by atoms with Crippen molar-refractivity contribution in [2.45, 2.75) is 26.0 Å². The third kappa shape index (κ3) is 2.53. The Bertz CT molecular complexity index is 417. The Morgan fingerprint density at radius 3 is 2.94 bits per heavy atom. The van der Waals surface area contributed by atoms with Gasteiger partial charge in [-0.05, 0) is 13.8 Å². The smallest absolute Gasteiger partial charge is 0.534 e. The lowest BCUT2D eigenvalue weighted by Crippen LogP contribution is -2.33. The van der Waals surface area contributed by atoms with Crippen molar-refractivity contribution >= 4 is 12.6 Å². The Hall–Kier alpha value is -1.27. The van der Waals surface area contributed by atoms with Crippen LogP contribution in [0.2, 0.25) is 0 Å². The molecule has 0 aliphatic carbocycles. The molecule has 1 saturated heterocycles. The predicted octanol–water partition coefficient (Wildman–Crippen LogP) is 0.564. The van der Waals surface area contributed by atoms with E-state index in [-0.39, 0.29) is 0 Å². The van der Waals surface area contributed by atoms with E-state index in [1.54, 1.807) is 18.0 Å². The van der Waals surface area contributed by atoms with Crippen LogP contribution in [0.5, 0.6) is 0 Å². The molecule has 1 fully saturated rings. The molecule has 1 aliphatic heterocycles. The summed E-state index contributed by atoms with van der Waals surface area (Å²) in [5.41, 5.74) is 0.451. The van der Waals surface area contributed by atoms with Gasteiger partial charge in [0, 0.05) is 18.8 Å². The maximum absolute atomic E-state index is 5.76. The second kappa shape index (κ2) is 4.54. The number of hydrogen-bond acceptors (Lipinski definition) is 4. The summed E-state index contributed by atoms with van der Waals surface area (Å²) < 4.78 is 18.1. The van der Waals surface area contributed by atoms with E-state index in [0.29, 0.717) is 18.9 Å². The summed E-state index contributed by atoms with van der Waals surface area (Å²) in [7, 11) is 1.26. The Morgan fingerprint density at radius 1 is 1.59 bits per heavy atom. The number of nitrogens with zero attached hydrogens (tertiary/aromatic N) is 2. The molecule has 92 valence electrons. The molecule has 6 heteroatoms. The van der Waals surface area contributed by atoms with Crippen LogP contribution in [0.3, 0.4) is 0 Å². The van der Waals surface area contributed by atoms with E-state index in [1.165, 1.54) is 0 Å². The summed E-state index contributed by atoms with van der Waals surface area (Å²) in [6.07, 6.45) is 3.65. The predicted molar refractivity (Wildman–Crippen MR) is 64.9 cm³/mol. The fraction of sp³-hybridized carbons (Fsp3) is 0.545. The molecule has 17 heavy (non-hydrogen) atoms. The average Bonchev–Trinajstić information content (AvgIpc) is 2.82. The molecule has 5 nitrogen and oxygen atoms in total. The highest BCUT2D eigenvalue weighted by atomic mass is 16.7. The van der Waals surface area contributed by atoms with Gasteiger partial charge in [-0.3, -0.25) is 4.68 Å². The highest BCUT2D eigenvalue weighted by Gasteiger charge is 2.43. The molecule has 0 aromatic carbocycles. The molecule has 0 saturated carbocycles. The second-order valence-electron chi connectivity index (χ2n) is 4.53. The van der Waals surface area contributed by atoms with Gasteiger partial charge in [-0.25, -0.2) is 0 Å². The van der Waals surface area contributed by atoms with Gasteiger partial charge in [-0.1, -0.05) is 6.58 Å². The summed E-state index contributed by atoms with van der Waals surface area (Å²) in [6, 6.07) is 0. The first kappa shape index (κ1) is 12.2.